The molecule has 0 atom stereocenters. The molecule has 3 rings (SSSR count). The number of methoxy groups -OCH3 is 1. The molecule has 2 amide bonds. The molecule has 1 aliphatic rings. The molecule has 1 heterocycles. The van der Waals surface area contributed by atoms with Crippen molar-refractivity contribution in [3.63, 3.8) is 0 Å². The summed E-state index contributed by atoms with van der Waals surface area (Å²) in [7, 11) is 1.64. The van der Waals surface area contributed by atoms with Crippen LogP contribution in [-0.2, 0) is 22.7 Å². The van der Waals surface area contributed by atoms with Gasteiger partial charge >= 0.3 is 0 Å². The summed E-state index contributed by atoms with van der Waals surface area (Å²) < 4.78 is 5.07. The summed E-state index contributed by atoms with van der Waals surface area (Å²) in [6, 6.07) is 15.1. The highest BCUT2D eigenvalue weighted by Gasteiger charge is 2.21. The zero-order valence-electron chi connectivity index (χ0n) is 14.3. The Morgan fingerprint density at radius 1 is 1.16 bits per heavy atom. The minimum absolute atomic E-state index is 0.119. The van der Waals surface area contributed by atoms with E-state index in [1.165, 1.54) is 0 Å². The Morgan fingerprint density at radius 2 is 1.96 bits per heavy atom. The molecule has 0 spiro atoms. The molecule has 5 nitrogen and oxygen atoms in total. The molecule has 0 aromatic heterocycles. The van der Waals surface area contributed by atoms with Gasteiger partial charge in [-0.1, -0.05) is 24.3 Å². The first-order valence-corrected chi connectivity index (χ1v) is 8.43. The molecule has 2 aromatic carbocycles. The van der Waals surface area contributed by atoms with Crippen LogP contribution in [0.1, 0.15) is 34.3 Å². The molecule has 5 heteroatoms. The van der Waals surface area contributed by atoms with Gasteiger partial charge in [0.25, 0.3) is 5.91 Å². The summed E-state index contributed by atoms with van der Waals surface area (Å²) in [5.41, 5.74) is 3.52. The van der Waals surface area contributed by atoms with E-state index in [1.807, 2.05) is 36.4 Å². The second kappa shape index (κ2) is 7.94. The first-order chi connectivity index (χ1) is 12.2. The fourth-order valence-corrected chi connectivity index (χ4v) is 2.96. The van der Waals surface area contributed by atoms with E-state index in [9.17, 15) is 9.59 Å². The predicted molar refractivity (Wildman–Crippen MR) is 96.4 cm³/mol. The zero-order valence-corrected chi connectivity index (χ0v) is 14.3. The van der Waals surface area contributed by atoms with Crippen molar-refractivity contribution in [1.82, 2.24) is 5.32 Å². The fourth-order valence-electron chi connectivity index (χ4n) is 2.96. The van der Waals surface area contributed by atoms with Crippen molar-refractivity contribution >= 4 is 17.5 Å². The zero-order chi connectivity index (χ0) is 17.6. The third-order valence-electron chi connectivity index (χ3n) is 4.28. The van der Waals surface area contributed by atoms with E-state index >= 15 is 0 Å². The minimum atomic E-state index is -0.119. The van der Waals surface area contributed by atoms with Gasteiger partial charge in [-0.05, 0) is 41.8 Å². The first kappa shape index (κ1) is 17.2. The Labute approximate surface area is 147 Å². The van der Waals surface area contributed by atoms with Crippen LogP contribution in [0.4, 0.5) is 5.69 Å². The molecule has 0 aliphatic carbocycles. The van der Waals surface area contributed by atoms with E-state index in [4.69, 9.17) is 4.74 Å². The van der Waals surface area contributed by atoms with Crippen LogP contribution >= 0.6 is 0 Å². The molecule has 0 unspecified atom stereocenters. The quantitative estimate of drug-likeness (QED) is 0.881. The van der Waals surface area contributed by atoms with Crippen LogP contribution in [0, 0.1) is 0 Å². The van der Waals surface area contributed by atoms with Crippen molar-refractivity contribution in [2.45, 2.75) is 26.0 Å². The van der Waals surface area contributed by atoms with Crippen LogP contribution in [0.2, 0.25) is 0 Å². The van der Waals surface area contributed by atoms with E-state index in [2.05, 4.69) is 5.32 Å². The van der Waals surface area contributed by atoms with Gasteiger partial charge in [0.05, 0.1) is 6.61 Å². The lowest BCUT2D eigenvalue weighted by atomic mass is 10.1. The Balaban J connectivity index is 1.61. The van der Waals surface area contributed by atoms with Gasteiger partial charge in [-0.3, -0.25) is 9.59 Å². The van der Waals surface area contributed by atoms with Gasteiger partial charge in [0, 0.05) is 37.9 Å². The topological polar surface area (TPSA) is 58.6 Å². The highest BCUT2D eigenvalue weighted by atomic mass is 16.5. The molecule has 0 bridgehead atoms. The van der Waals surface area contributed by atoms with Gasteiger partial charge in [0.15, 0.2) is 0 Å². The van der Waals surface area contributed by atoms with Gasteiger partial charge in [-0.25, -0.2) is 0 Å². The molecule has 0 saturated carbocycles. The summed E-state index contributed by atoms with van der Waals surface area (Å²) in [5.74, 6) is 0.0453. The van der Waals surface area contributed by atoms with Crippen molar-refractivity contribution in [3.05, 3.63) is 65.2 Å². The lowest BCUT2D eigenvalue weighted by Gasteiger charge is -2.16. The van der Waals surface area contributed by atoms with Gasteiger partial charge in [0.1, 0.15) is 0 Å². The van der Waals surface area contributed by atoms with Gasteiger partial charge in [-0.15, -0.1) is 0 Å². The minimum Gasteiger partial charge on any atom is -0.380 e. The third kappa shape index (κ3) is 4.25. The monoisotopic (exact) mass is 338 g/mol. The normalized spacial score (nSPS) is 14.0. The highest BCUT2D eigenvalue weighted by Crippen LogP contribution is 2.22. The van der Waals surface area contributed by atoms with Crippen molar-refractivity contribution in [1.29, 1.82) is 0 Å². The number of ether oxygens (including phenoxy) is 1. The number of carbonyl (C=O) groups excluding carboxylic acids is 2. The smallest absolute Gasteiger partial charge is 0.251 e. The van der Waals surface area contributed by atoms with E-state index < -0.39 is 0 Å². The Kier molecular flexibility index (Phi) is 5.46. The maximum Gasteiger partial charge on any atom is 0.251 e. The molecule has 2 aromatic rings. The SMILES string of the molecule is COCc1ccc(C(=O)NCc2cccc(N3CCCC3=O)c2)cc1. The van der Waals surface area contributed by atoms with E-state index in [1.54, 1.807) is 24.1 Å². The van der Waals surface area contributed by atoms with E-state index in [-0.39, 0.29) is 11.8 Å². The molecule has 1 saturated heterocycles. The largest absolute Gasteiger partial charge is 0.380 e. The average molecular weight is 338 g/mol. The maximum atomic E-state index is 12.3. The van der Waals surface area contributed by atoms with Gasteiger partial charge in [0.2, 0.25) is 5.91 Å². The molecule has 1 N–H and O–H groups in total. The van der Waals surface area contributed by atoms with Crippen molar-refractivity contribution in [3.8, 4) is 0 Å². The lowest BCUT2D eigenvalue weighted by Crippen LogP contribution is -2.25. The lowest BCUT2D eigenvalue weighted by molar-refractivity contribution is -0.117. The highest BCUT2D eigenvalue weighted by molar-refractivity contribution is 5.95. The van der Waals surface area contributed by atoms with Crippen molar-refractivity contribution in [2.24, 2.45) is 0 Å². The van der Waals surface area contributed by atoms with Crippen LogP contribution in [0.15, 0.2) is 48.5 Å². The average Bonchev–Trinajstić information content (AvgIpc) is 3.07. The number of anilines is 1. The van der Waals surface area contributed by atoms with Crippen LogP contribution in [-0.4, -0.2) is 25.5 Å². The molecule has 130 valence electrons. The Morgan fingerprint density at radius 3 is 2.64 bits per heavy atom. The Hall–Kier alpha value is -2.66. The predicted octanol–water partition coefficient (Wildman–Crippen LogP) is 2.89. The number of hydrogen-bond donors (Lipinski definition) is 1. The Bertz CT molecular complexity index is 756. The summed E-state index contributed by atoms with van der Waals surface area (Å²) in [5, 5.41) is 2.92. The standard InChI is InChI=1S/C20H22N2O3/c1-25-14-15-7-9-17(10-8-15)20(24)21-13-16-4-2-5-18(12-16)22-11-3-6-19(22)23/h2,4-5,7-10,12H,3,6,11,13-14H2,1H3,(H,21,24). The number of hydrogen-bond acceptors (Lipinski definition) is 3. The van der Waals surface area contributed by atoms with Gasteiger partial charge < -0.3 is 15.0 Å². The maximum absolute atomic E-state index is 12.3. The second-order valence-electron chi connectivity index (χ2n) is 6.13. The number of rotatable bonds is 6. The van der Waals surface area contributed by atoms with E-state index in [0.717, 1.165) is 29.8 Å². The van der Waals surface area contributed by atoms with Gasteiger partial charge in [-0.2, -0.15) is 0 Å². The van der Waals surface area contributed by atoms with E-state index in [0.29, 0.717) is 25.1 Å². The third-order valence-corrected chi connectivity index (χ3v) is 4.28. The van der Waals surface area contributed by atoms with Crippen molar-refractivity contribution < 1.29 is 14.3 Å². The second-order valence-corrected chi connectivity index (χ2v) is 6.13. The van der Waals surface area contributed by atoms with Crippen LogP contribution < -0.4 is 10.2 Å². The molecular formula is C20H22N2O3. The summed E-state index contributed by atoms with van der Waals surface area (Å²) in [4.78, 5) is 25.9. The molecule has 1 aliphatic heterocycles. The van der Waals surface area contributed by atoms with Crippen LogP contribution in [0.5, 0.6) is 0 Å². The summed E-state index contributed by atoms with van der Waals surface area (Å²) in [6.07, 6.45) is 1.51. The molecule has 0 radical (unpaired) electrons. The molecule has 1 fully saturated rings. The summed E-state index contributed by atoms with van der Waals surface area (Å²) >= 11 is 0. The number of nitrogens with zero attached hydrogens (tertiary/aromatic N) is 1. The number of benzene rings is 2. The van der Waals surface area contributed by atoms with Crippen LogP contribution in [0.25, 0.3) is 0 Å². The van der Waals surface area contributed by atoms with Crippen LogP contribution in [0.3, 0.4) is 0 Å². The summed E-state index contributed by atoms with van der Waals surface area (Å²) in [6.45, 7) is 1.72. The fraction of sp³-hybridized carbons (Fsp3) is 0.300. The number of amides is 2. The number of nitrogens with one attached hydrogen (secondary N) is 1. The number of carbonyl (C=O) groups is 2. The molecule has 25 heavy (non-hydrogen) atoms. The van der Waals surface area contributed by atoms with Crippen molar-refractivity contribution in [2.75, 3.05) is 18.6 Å². The molecular weight excluding hydrogens is 316 g/mol. The first-order valence-electron chi connectivity index (χ1n) is 8.43.